The van der Waals surface area contributed by atoms with Gasteiger partial charge < -0.3 is 4.98 Å². The highest BCUT2D eigenvalue weighted by Crippen LogP contribution is 2.25. The van der Waals surface area contributed by atoms with Crippen molar-refractivity contribution in [3.05, 3.63) is 42.3 Å². The van der Waals surface area contributed by atoms with Crippen LogP contribution in [0.15, 0.2) is 41.4 Å². The fraction of sp³-hybridized carbons (Fsp3) is 0.0769. The number of fused-ring (bicyclic) bond motifs is 1. The number of hydrogen-bond acceptors (Lipinski definition) is 3. The number of thioether (sulfide) groups is 1. The maximum absolute atomic E-state index is 14.0. The van der Waals surface area contributed by atoms with E-state index in [1.165, 1.54) is 17.8 Å². The molecule has 0 atom stereocenters. The van der Waals surface area contributed by atoms with Gasteiger partial charge in [0.2, 0.25) is 0 Å². The van der Waals surface area contributed by atoms with Gasteiger partial charge in [0, 0.05) is 11.1 Å². The largest absolute Gasteiger partial charge is 0.336 e. The Morgan fingerprint density at radius 3 is 2.89 bits per heavy atom. The lowest BCUT2D eigenvalue weighted by Crippen LogP contribution is -1.87. The predicted octanol–water partition coefficient (Wildman–Crippen LogP) is 3.49. The smallest absolute Gasteiger partial charge is 0.178 e. The Bertz CT molecular complexity index is 675. The summed E-state index contributed by atoms with van der Waals surface area (Å²) < 4.78 is 14.0. The molecule has 3 nitrogen and oxygen atoms in total. The third-order valence-electron chi connectivity index (χ3n) is 2.69. The summed E-state index contributed by atoms with van der Waals surface area (Å²) in [7, 11) is 0. The number of aromatic nitrogens is 3. The minimum Gasteiger partial charge on any atom is -0.336 e. The van der Waals surface area contributed by atoms with Crippen LogP contribution in [0.25, 0.3) is 22.6 Å². The summed E-state index contributed by atoms with van der Waals surface area (Å²) in [5.41, 5.74) is 1.87. The molecule has 0 aliphatic rings. The van der Waals surface area contributed by atoms with Gasteiger partial charge in [-0.25, -0.2) is 14.4 Å². The van der Waals surface area contributed by atoms with Gasteiger partial charge in [-0.2, -0.15) is 0 Å². The maximum atomic E-state index is 14.0. The average Bonchev–Trinajstić information content (AvgIpc) is 2.81. The van der Waals surface area contributed by atoms with Crippen molar-refractivity contribution in [3.8, 4) is 11.4 Å². The van der Waals surface area contributed by atoms with Gasteiger partial charge in [0.25, 0.3) is 0 Å². The lowest BCUT2D eigenvalue weighted by Gasteiger charge is -2.01. The van der Waals surface area contributed by atoms with E-state index in [2.05, 4.69) is 15.0 Å². The Kier molecular flexibility index (Phi) is 2.76. The average molecular weight is 259 g/mol. The van der Waals surface area contributed by atoms with Crippen LogP contribution in [0, 0.1) is 5.82 Å². The van der Waals surface area contributed by atoms with Crippen molar-refractivity contribution in [1.29, 1.82) is 0 Å². The van der Waals surface area contributed by atoms with Crippen molar-refractivity contribution in [1.82, 2.24) is 15.0 Å². The van der Waals surface area contributed by atoms with Crippen molar-refractivity contribution in [2.75, 3.05) is 6.26 Å². The quantitative estimate of drug-likeness (QED) is 0.716. The fourth-order valence-electron chi connectivity index (χ4n) is 1.79. The summed E-state index contributed by atoms with van der Waals surface area (Å²) in [6, 6.07) is 8.81. The highest BCUT2D eigenvalue weighted by Gasteiger charge is 2.10. The first-order chi connectivity index (χ1) is 8.78. The molecule has 0 saturated heterocycles. The zero-order chi connectivity index (χ0) is 12.5. The van der Waals surface area contributed by atoms with E-state index in [9.17, 15) is 4.39 Å². The number of rotatable bonds is 2. The van der Waals surface area contributed by atoms with Crippen LogP contribution in [0.1, 0.15) is 0 Å². The summed E-state index contributed by atoms with van der Waals surface area (Å²) in [6.07, 6.45) is 3.58. The molecule has 3 aromatic rings. The maximum Gasteiger partial charge on any atom is 0.178 e. The van der Waals surface area contributed by atoms with Gasteiger partial charge in [-0.3, -0.25) is 0 Å². The molecular weight excluding hydrogens is 249 g/mol. The van der Waals surface area contributed by atoms with E-state index >= 15 is 0 Å². The van der Waals surface area contributed by atoms with Crippen molar-refractivity contribution in [2.24, 2.45) is 0 Å². The summed E-state index contributed by atoms with van der Waals surface area (Å²) in [4.78, 5) is 12.4. The summed E-state index contributed by atoms with van der Waals surface area (Å²) in [5.74, 6) is 0.231. The molecular formula is C13H10FN3S. The third kappa shape index (κ3) is 1.86. The van der Waals surface area contributed by atoms with Crippen LogP contribution in [0.4, 0.5) is 4.39 Å². The Balaban J connectivity index is 2.14. The summed E-state index contributed by atoms with van der Waals surface area (Å²) >= 11 is 1.51. The molecule has 1 aromatic carbocycles. The molecule has 0 aliphatic carbocycles. The second-order valence-electron chi connectivity index (χ2n) is 3.81. The third-order valence-corrected chi connectivity index (χ3v) is 3.41. The van der Waals surface area contributed by atoms with Crippen molar-refractivity contribution >= 4 is 22.9 Å². The Hall–Kier alpha value is -1.88. The molecule has 0 fully saturated rings. The number of hydrogen-bond donors (Lipinski definition) is 1. The van der Waals surface area contributed by atoms with E-state index in [0.29, 0.717) is 17.0 Å². The van der Waals surface area contributed by atoms with E-state index in [1.54, 1.807) is 12.3 Å². The van der Waals surface area contributed by atoms with Gasteiger partial charge in [-0.15, -0.1) is 11.8 Å². The second-order valence-corrected chi connectivity index (χ2v) is 4.69. The standard InChI is InChI=1S/C13H10FN3S/c1-18-8-4-5-9(10(14)7-8)12-16-11-3-2-6-15-13(11)17-12/h2-7H,1H3,(H,15,16,17). The molecule has 1 N–H and O–H groups in total. The highest BCUT2D eigenvalue weighted by molar-refractivity contribution is 7.98. The van der Waals surface area contributed by atoms with Crippen LogP contribution >= 0.6 is 11.8 Å². The molecule has 2 heterocycles. The normalized spacial score (nSPS) is 11.0. The molecule has 2 aromatic heterocycles. The molecule has 0 unspecified atom stereocenters. The minimum atomic E-state index is -0.277. The van der Waals surface area contributed by atoms with Crippen LogP contribution in [0.2, 0.25) is 0 Å². The summed E-state index contributed by atoms with van der Waals surface area (Å²) in [5, 5.41) is 0. The Morgan fingerprint density at radius 2 is 2.17 bits per heavy atom. The van der Waals surface area contributed by atoms with Gasteiger partial charge in [0.15, 0.2) is 5.65 Å². The van der Waals surface area contributed by atoms with Crippen molar-refractivity contribution < 1.29 is 4.39 Å². The lowest BCUT2D eigenvalue weighted by atomic mass is 10.2. The second kappa shape index (κ2) is 4.42. The molecule has 18 heavy (non-hydrogen) atoms. The Morgan fingerprint density at radius 1 is 1.28 bits per heavy atom. The molecule has 3 rings (SSSR count). The number of pyridine rings is 1. The molecule has 0 amide bonds. The van der Waals surface area contributed by atoms with Gasteiger partial charge in [0.1, 0.15) is 11.6 Å². The number of H-pyrrole nitrogens is 1. The van der Waals surface area contributed by atoms with E-state index in [0.717, 1.165) is 10.4 Å². The predicted molar refractivity (Wildman–Crippen MR) is 71.1 cm³/mol. The van der Waals surface area contributed by atoms with Crippen molar-refractivity contribution in [2.45, 2.75) is 4.90 Å². The van der Waals surface area contributed by atoms with E-state index < -0.39 is 0 Å². The number of benzene rings is 1. The summed E-state index contributed by atoms with van der Waals surface area (Å²) in [6.45, 7) is 0. The SMILES string of the molecule is CSc1ccc(-c2nc3ncccc3[nH]2)c(F)c1. The molecule has 90 valence electrons. The van der Waals surface area contributed by atoms with Gasteiger partial charge in [-0.05, 0) is 36.6 Å². The topological polar surface area (TPSA) is 41.6 Å². The van der Waals surface area contributed by atoms with E-state index in [-0.39, 0.29) is 5.82 Å². The Labute approximate surface area is 107 Å². The zero-order valence-electron chi connectivity index (χ0n) is 9.64. The first kappa shape index (κ1) is 11.2. The van der Waals surface area contributed by atoms with Crippen LogP contribution in [-0.2, 0) is 0 Å². The van der Waals surface area contributed by atoms with Crippen molar-refractivity contribution in [3.63, 3.8) is 0 Å². The molecule has 0 bridgehead atoms. The molecule has 0 saturated carbocycles. The zero-order valence-corrected chi connectivity index (χ0v) is 10.5. The molecule has 5 heteroatoms. The number of imidazole rings is 1. The van der Waals surface area contributed by atoms with Crippen LogP contribution in [0.5, 0.6) is 0 Å². The van der Waals surface area contributed by atoms with Gasteiger partial charge in [0.05, 0.1) is 11.1 Å². The van der Waals surface area contributed by atoms with Gasteiger partial charge >= 0.3 is 0 Å². The monoisotopic (exact) mass is 259 g/mol. The van der Waals surface area contributed by atoms with E-state index in [4.69, 9.17) is 0 Å². The first-order valence-corrected chi connectivity index (χ1v) is 6.65. The fourth-order valence-corrected chi connectivity index (χ4v) is 2.21. The van der Waals surface area contributed by atoms with Crippen LogP contribution in [-0.4, -0.2) is 21.2 Å². The van der Waals surface area contributed by atoms with Crippen LogP contribution < -0.4 is 0 Å². The van der Waals surface area contributed by atoms with Crippen LogP contribution in [0.3, 0.4) is 0 Å². The highest BCUT2D eigenvalue weighted by atomic mass is 32.2. The lowest BCUT2D eigenvalue weighted by molar-refractivity contribution is 0.627. The molecule has 0 spiro atoms. The molecule has 0 aliphatic heterocycles. The first-order valence-electron chi connectivity index (χ1n) is 5.42. The number of aromatic amines is 1. The number of nitrogens with zero attached hydrogens (tertiary/aromatic N) is 2. The molecule has 0 radical (unpaired) electrons. The number of nitrogens with one attached hydrogen (secondary N) is 1. The minimum absolute atomic E-state index is 0.277. The van der Waals surface area contributed by atoms with E-state index in [1.807, 2.05) is 24.5 Å². The van der Waals surface area contributed by atoms with Gasteiger partial charge in [-0.1, -0.05) is 0 Å². The number of halogens is 1.